The van der Waals surface area contributed by atoms with E-state index in [1.54, 1.807) is 18.3 Å². The molecule has 2 amide bonds. The number of hydrogen-bond donors (Lipinski definition) is 3. The minimum absolute atomic E-state index is 0.154. The summed E-state index contributed by atoms with van der Waals surface area (Å²) in [5.41, 5.74) is -0.254. The third kappa shape index (κ3) is 3.93. The van der Waals surface area contributed by atoms with Crippen LogP contribution in [0.4, 0.5) is 10.5 Å². The molecular weight excluding hydrogens is 270 g/mol. The van der Waals surface area contributed by atoms with Crippen LogP contribution in [0.1, 0.15) is 32.6 Å². The SMILES string of the molecule is CC1CCC(CNC(=O)Nc2cccnc2)(C(=O)O)CC1. The molecule has 3 N–H and O–H groups in total. The number of aromatic nitrogens is 1. The number of anilines is 1. The average molecular weight is 291 g/mol. The Morgan fingerprint density at radius 2 is 2.14 bits per heavy atom. The first kappa shape index (κ1) is 15.3. The molecule has 1 fully saturated rings. The van der Waals surface area contributed by atoms with Gasteiger partial charge >= 0.3 is 12.0 Å². The highest BCUT2D eigenvalue weighted by atomic mass is 16.4. The molecule has 1 saturated carbocycles. The van der Waals surface area contributed by atoms with E-state index >= 15 is 0 Å². The Balaban J connectivity index is 1.90. The summed E-state index contributed by atoms with van der Waals surface area (Å²) in [5.74, 6) is -0.266. The lowest BCUT2D eigenvalue weighted by molar-refractivity contribution is -0.151. The molecule has 0 spiro atoms. The normalized spacial score (nSPS) is 25.1. The fourth-order valence-electron chi connectivity index (χ4n) is 2.64. The number of urea groups is 1. The summed E-state index contributed by atoms with van der Waals surface area (Å²) in [6, 6.07) is 3.04. The van der Waals surface area contributed by atoms with E-state index in [2.05, 4.69) is 22.5 Å². The van der Waals surface area contributed by atoms with E-state index < -0.39 is 17.4 Å². The second kappa shape index (κ2) is 6.56. The quantitative estimate of drug-likeness (QED) is 0.794. The van der Waals surface area contributed by atoms with Gasteiger partial charge in [0.25, 0.3) is 0 Å². The summed E-state index contributed by atoms with van der Waals surface area (Å²) < 4.78 is 0. The molecule has 0 bridgehead atoms. The number of amides is 2. The molecule has 1 aliphatic carbocycles. The van der Waals surface area contributed by atoms with Crippen molar-refractivity contribution in [2.45, 2.75) is 32.6 Å². The molecule has 0 radical (unpaired) electrons. The topological polar surface area (TPSA) is 91.3 Å². The van der Waals surface area contributed by atoms with E-state index in [9.17, 15) is 14.7 Å². The molecule has 0 unspecified atom stereocenters. The van der Waals surface area contributed by atoms with Gasteiger partial charge in [0.05, 0.1) is 17.3 Å². The summed E-state index contributed by atoms with van der Waals surface area (Å²) in [6.07, 6.45) is 6.14. The predicted octanol–water partition coefficient (Wildman–Crippen LogP) is 2.48. The van der Waals surface area contributed by atoms with Gasteiger partial charge in [-0.15, -0.1) is 0 Å². The Labute approximate surface area is 124 Å². The molecule has 0 aromatic carbocycles. The molecule has 1 aromatic rings. The second-order valence-corrected chi connectivity index (χ2v) is 5.82. The lowest BCUT2D eigenvalue weighted by atomic mass is 9.71. The molecule has 114 valence electrons. The van der Waals surface area contributed by atoms with E-state index in [4.69, 9.17) is 0 Å². The van der Waals surface area contributed by atoms with E-state index in [1.165, 1.54) is 6.20 Å². The van der Waals surface area contributed by atoms with Crippen LogP contribution in [0.5, 0.6) is 0 Å². The molecule has 1 aliphatic rings. The Hall–Kier alpha value is -2.11. The van der Waals surface area contributed by atoms with Gasteiger partial charge in [0.2, 0.25) is 0 Å². The van der Waals surface area contributed by atoms with E-state index in [-0.39, 0.29) is 6.54 Å². The molecule has 21 heavy (non-hydrogen) atoms. The van der Waals surface area contributed by atoms with Crippen molar-refractivity contribution in [1.29, 1.82) is 0 Å². The van der Waals surface area contributed by atoms with Gasteiger partial charge in [-0.1, -0.05) is 6.92 Å². The van der Waals surface area contributed by atoms with Crippen LogP contribution in [-0.4, -0.2) is 28.6 Å². The van der Waals surface area contributed by atoms with E-state index in [0.717, 1.165) is 12.8 Å². The van der Waals surface area contributed by atoms with Crippen LogP contribution in [0.3, 0.4) is 0 Å². The van der Waals surface area contributed by atoms with Gasteiger partial charge in [-0.3, -0.25) is 9.78 Å². The third-order valence-electron chi connectivity index (χ3n) is 4.19. The van der Waals surface area contributed by atoms with Crippen LogP contribution >= 0.6 is 0 Å². The smallest absolute Gasteiger partial charge is 0.319 e. The van der Waals surface area contributed by atoms with Crippen molar-refractivity contribution >= 4 is 17.7 Å². The van der Waals surface area contributed by atoms with E-state index in [1.807, 2.05) is 0 Å². The van der Waals surface area contributed by atoms with Gasteiger partial charge in [0.1, 0.15) is 0 Å². The summed E-state index contributed by atoms with van der Waals surface area (Å²) in [7, 11) is 0. The van der Waals surface area contributed by atoms with Crippen LogP contribution in [-0.2, 0) is 4.79 Å². The van der Waals surface area contributed by atoms with Crippen LogP contribution in [0.2, 0.25) is 0 Å². The zero-order chi connectivity index (χ0) is 15.3. The summed E-state index contributed by atoms with van der Waals surface area (Å²) in [6.45, 7) is 2.29. The van der Waals surface area contributed by atoms with Crippen molar-refractivity contribution < 1.29 is 14.7 Å². The molecule has 6 nitrogen and oxygen atoms in total. The highest BCUT2D eigenvalue weighted by Crippen LogP contribution is 2.38. The number of nitrogens with zero attached hydrogens (tertiary/aromatic N) is 1. The number of carboxylic acid groups (broad SMARTS) is 1. The Morgan fingerprint density at radius 3 is 2.71 bits per heavy atom. The zero-order valence-electron chi connectivity index (χ0n) is 12.1. The molecule has 6 heteroatoms. The first-order valence-corrected chi connectivity index (χ1v) is 7.20. The van der Waals surface area contributed by atoms with Crippen molar-refractivity contribution in [3.05, 3.63) is 24.5 Å². The number of aliphatic carboxylic acids is 1. The Kier molecular flexibility index (Phi) is 4.77. The molecule has 0 saturated heterocycles. The lowest BCUT2D eigenvalue weighted by Crippen LogP contribution is -2.46. The molecule has 1 heterocycles. The number of carboxylic acids is 1. The molecule has 0 aliphatic heterocycles. The third-order valence-corrected chi connectivity index (χ3v) is 4.19. The Morgan fingerprint density at radius 1 is 1.43 bits per heavy atom. The maximum absolute atomic E-state index is 11.8. The van der Waals surface area contributed by atoms with Crippen molar-refractivity contribution in [1.82, 2.24) is 10.3 Å². The van der Waals surface area contributed by atoms with Gasteiger partial charge in [-0.25, -0.2) is 4.79 Å². The van der Waals surface area contributed by atoms with Gasteiger partial charge < -0.3 is 15.7 Å². The maximum atomic E-state index is 11.8. The fraction of sp³-hybridized carbons (Fsp3) is 0.533. The Bertz CT molecular complexity index is 496. The minimum atomic E-state index is -0.835. The highest BCUT2D eigenvalue weighted by molar-refractivity contribution is 5.89. The summed E-state index contributed by atoms with van der Waals surface area (Å²) >= 11 is 0. The summed E-state index contributed by atoms with van der Waals surface area (Å²) in [4.78, 5) is 27.3. The monoisotopic (exact) mass is 291 g/mol. The number of carbonyl (C=O) groups excluding carboxylic acids is 1. The largest absolute Gasteiger partial charge is 0.481 e. The standard InChI is InChI=1S/C15H21N3O3/c1-11-4-6-15(7-5-11,13(19)20)10-17-14(21)18-12-3-2-8-16-9-12/h2-3,8-9,11H,4-7,10H2,1H3,(H,19,20)(H2,17,18,21). The van der Waals surface area contributed by atoms with Crippen molar-refractivity contribution in [3.8, 4) is 0 Å². The van der Waals surface area contributed by atoms with Gasteiger partial charge in [-0.05, 0) is 43.7 Å². The van der Waals surface area contributed by atoms with Crippen molar-refractivity contribution in [2.75, 3.05) is 11.9 Å². The van der Waals surface area contributed by atoms with Crippen LogP contribution in [0, 0.1) is 11.3 Å². The minimum Gasteiger partial charge on any atom is -0.481 e. The highest BCUT2D eigenvalue weighted by Gasteiger charge is 2.41. The van der Waals surface area contributed by atoms with Gasteiger partial charge in [0, 0.05) is 12.7 Å². The van der Waals surface area contributed by atoms with Crippen LogP contribution in [0.25, 0.3) is 0 Å². The fourth-order valence-corrected chi connectivity index (χ4v) is 2.64. The molecule has 2 rings (SSSR count). The van der Waals surface area contributed by atoms with Crippen LogP contribution in [0.15, 0.2) is 24.5 Å². The van der Waals surface area contributed by atoms with Crippen molar-refractivity contribution in [2.24, 2.45) is 11.3 Å². The molecular formula is C15H21N3O3. The van der Waals surface area contributed by atoms with Crippen molar-refractivity contribution in [3.63, 3.8) is 0 Å². The lowest BCUT2D eigenvalue weighted by Gasteiger charge is -2.35. The first-order valence-electron chi connectivity index (χ1n) is 7.20. The molecule has 1 aromatic heterocycles. The molecule has 0 atom stereocenters. The number of rotatable bonds is 4. The predicted molar refractivity (Wildman–Crippen MR) is 79.0 cm³/mol. The van der Waals surface area contributed by atoms with Crippen LogP contribution < -0.4 is 10.6 Å². The second-order valence-electron chi connectivity index (χ2n) is 5.82. The van der Waals surface area contributed by atoms with E-state index in [0.29, 0.717) is 24.4 Å². The van der Waals surface area contributed by atoms with Gasteiger partial charge in [-0.2, -0.15) is 0 Å². The first-order chi connectivity index (χ1) is 10.0. The maximum Gasteiger partial charge on any atom is 0.319 e. The number of nitrogens with one attached hydrogen (secondary N) is 2. The average Bonchev–Trinajstić information content (AvgIpc) is 2.48. The number of hydrogen-bond acceptors (Lipinski definition) is 3. The number of pyridine rings is 1. The van der Waals surface area contributed by atoms with Gasteiger partial charge in [0.15, 0.2) is 0 Å². The summed E-state index contributed by atoms with van der Waals surface area (Å²) in [5, 5.41) is 14.8. The number of carbonyl (C=O) groups is 2. The zero-order valence-corrected chi connectivity index (χ0v) is 12.1.